The number of anilines is 1. The highest BCUT2D eigenvalue weighted by Gasteiger charge is 2.09. The molecule has 1 N–H and O–H groups in total. The molecule has 0 saturated heterocycles. The molecule has 0 fully saturated rings. The molecule has 3 aromatic rings. The molecule has 130 valence electrons. The van der Waals surface area contributed by atoms with Crippen molar-refractivity contribution in [2.45, 2.75) is 34.1 Å². The molecular formula is C21H25N3O. The van der Waals surface area contributed by atoms with Crippen molar-refractivity contribution in [1.29, 1.82) is 0 Å². The molecule has 0 aliphatic rings. The summed E-state index contributed by atoms with van der Waals surface area (Å²) in [6, 6.07) is 10.2. The lowest BCUT2D eigenvalue weighted by Crippen LogP contribution is -2.24. The van der Waals surface area contributed by atoms with E-state index in [-0.39, 0.29) is 0 Å². The molecule has 0 amide bonds. The Balaban J connectivity index is 2.06. The molecule has 0 atom stereocenters. The maximum Gasteiger partial charge on any atom is 0.147 e. The molecule has 1 aromatic heterocycles. The molecule has 1 heterocycles. The van der Waals surface area contributed by atoms with Gasteiger partial charge in [0.1, 0.15) is 11.6 Å². The van der Waals surface area contributed by atoms with E-state index in [1.807, 2.05) is 38.2 Å². The molecule has 0 aliphatic carbocycles. The van der Waals surface area contributed by atoms with Gasteiger partial charge in [0.05, 0.1) is 17.2 Å². The van der Waals surface area contributed by atoms with Crippen molar-refractivity contribution < 1.29 is 5.11 Å². The van der Waals surface area contributed by atoms with E-state index in [0.717, 1.165) is 58.6 Å². The van der Waals surface area contributed by atoms with Gasteiger partial charge in [-0.05, 0) is 73.7 Å². The van der Waals surface area contributed by atoms with Gasteiger partial charge in [-0.1, -0.05) is 13.0 Å². The summed E-state index contributed by atoms with van der Waals surface area (Å²) in [6.07, 6.45) is 2.94. The third-order valence-corrected chi connectivity index (χ3v) is 4.55. The number of fused-ring (bicyclic) bond motifs is 1. The van der Waals surface area contributed by atoms with Crippen LogP contribution >= 0.6 is 0 Å². The average molecular weight is 335 g/mol. The predicted molar refractivity (Wildman–Crippen MR) is 104 cm³/mol. The van der Waals surface area contributed by atoms with Gasteiger partial charge >= 0.3 is 0 Å². The Labute approximate surface area is 149 Å². The third-order valence-electron chi connectivity index (χ3n) is 4.55. The molecule has 2 aromatic carbocycles. The Hall–Kier alpha value is -2.62. The van der Waals surface area contributed by atoms with Gasteiger partial charge < -0.3 is 10.0 Å². The summed E-state index contributed by atoms with van der Waals surface area (Å²) in [7, 11) is 0. The van der Waals surface area contributed by atoms with Gasteiger partial charge in [-0.3, -0.25) is 4.98 Å². The van der Waals surface area contributed by atoms with Crippen molar-refractivity contribution in [3.63, 3.8) is 0 Å². The number of aromatic hydroxyl groups is 1. The molecular weight excluding hydrogens is 310 g/mol. The lowest BCUT2D eigenvalue weighted by molar-refractivity contribution is 0.467. The highest BCUT2D eigenvalue weighted by atomic mass is 16.3. The van der Waals surface area contributed by atoms with E-state index in [1.54, 1.807) is 0 Å². The predicted octanol–water partition coefficient (Wildman–Crippen LogP) is 4.86. The third kappa shape index (κ3) is 3.43. The molecule has 0 radical (unpaired) electrons. The van der Waals surface area contributed by atoms with Crippen LogP contribution in [0.25, 0.3) is 22.2 Å². The average Bonchev–Trinajstić information content (AvgIpc) is 2.62. The summed E-state index contributed by atoms with van der Waals surface area (Å²) in [5.41, 5.74) is 5.73. The van der Waals surface area contributed by atoms with Crippen LogP contribution < -0.4 is 4.90 Å². The highest BCUT2D eigenvalue weighted by molar-refractivity contribution is 5.82. The monoisotopic (exact) mass is 335 g/mol. The summed E-state index contributed by atoms with van der Waals surface area (Å²) >= 11 is 0. The molecule has 0 saturated carbocycles. The SMILES string of the molecule is CCCN(CC)c1cnc2ccc(-c3cc(C)c(O)c(C)c3)cc2n1. The van der Waals surface area contributed by atoms with Crippen LogP contribution in [-0.4, -0.2) is 28.2 Å². The van der Waals surface area contributed by atoms with Crippen molar-refractivity contribution in [1.82, 2.24) is 9.97 Å². The van der Waals surface area contributed by atoms with Gasteiger partial charge in [-0.15, -0.1) is 0 Å². The van der Waals surface area contributed by atoms with Crippen LogP contribution in [0.5, 0.6) is 5.75 Å². The zero-order valence-corrected chi connectivity index (χ0v) is 15.4. The molecule has 25 heavy (non-hydrogen) atoms. The number of rotatable bonds is 5. The summed E-state index contributed by atoms with van der Waals surface area (Å²) in [5, 5.41) is 10.00. The molecule has 3 rings (SSSR count). The fourth-order valence-electron chi connectivity index (χ4n) is 3.16. The summed E-state index contributed by atoms with van der Waals surface area (Å²) in [6.45, 7) is 10.1. The first-order valence-electron chi connectivity index (χ1n) is 8.85. The van der Waals surface area contributed by atoms with Crippen molar-refractivity contribution in [3.8, 4) is 16.9 Å². The van der Waals surface area contributed by atoms with E-state index in [4.69, 9.17) is 4.98 Å². The van der Waals surface area contributed by atoms with Gasteiger partial charge in [0.2, 0.25) is 0 Å². The minimum Gasteiger partial charge on any atom is -0.507 e. The molecule has 4 nitrogen and oxygen atoms in total. The second kappa shape index (κ2) is 7.09. The minimum atomic E-state index is 0.366. The second-order valence-electron chi connectivity index (χ2n) is 6.47. The standard InChI is InChI=1S/C21H25N3O/c1-5-9-24(6-2)20-13-22-18-8-7-16(12-19(18)23-20)17-10-14(3)21(25)15(4)11-17/h7-8,10-13,25H,5-6,9H2,1-4H3. The molecule has 4 heteroatoms. The number of phenols is 1. The van der Waals surface area contributed by atoms with E-state index in [0.29, 0.717) is 5.75 Å². The highest BCUT2D eigenvalue weighted by Crippen LogP contribution is 2.30. The van der Waals surface area contributed by atoms with Crippen LogP contribution in [-0.2, 0) is 0 Å². The zero-order chi connectivity index (χ0) is 18.0. The first-order chi connectivity index (χ1) is 12.0. The number of nitrogens with zero attached hydrogens (tertiary/aromatic N) is 3. The van der Waals surface area contributed by atoms with Crippen molar-refractivity contribution in [2.24, 2.45) is 0 Å². The summed E-state index contributed by atoms with van der Waals surface area (Å²) in [4.78, 5) is 11.6. The van der Waals surface area contributed by atoms with Crippen molar-refractivity contribution in [2.75, 3.05) is 18.0 Å². The molecule has 0 bridgehead atoms. The van der Waals surface area contributed by atoms with Gasteiger partial charge in [-0.2, -0.15) is 0 Å². The van der Waals surface area contributed by atoms with E-state index >= 15 is 0 Å². The Morgan fingerprint density at radius 3 is 2.32 bits per heavy atom. The van der Waals surface area contributed by atoms with Gasteiger partial charge in [-0.25, -0.2) is 4.98 Å². The zero-order valence-electron chi connectivity index (χ0n) is 15.4. The fraction of sp³-hybridized carbons (Fsp3) is 0.333. The Bertz CT molecular complexity index is 882. The van der Waals surface area contributed by atoms with Crippen LogP contribution in [0.1, 0.15) is 31.4 Å². The summed E-state index contributed by atoms with van der Waals surface area (Å²) < 4.78 is 0. The second-order valence-corrected chi connectivity index (χ2v) is 6.47. The van der Waals surface area contributed by atoms with Crippen molar-refractivity contribution >= 4 is 16.9 Å². The van der Waals surface area contributed by atoms with Gasteiger partial charge in [0, 0.05) is 13.1 Å². The lowest BCUT2D eigenvalue weighted by atomic mass is 9.99. The number of aryl methyl sites for hydroxylation is 2. The lowest BCUT2D eigenvalue weighted by Gasteiger charge is -2.21. The van der Waals surface area contributed by atoms with E-state index in [2.05, 4.69) is 35.9 Å². The van der Waals surface area contributed by atoms with Gasteiger partial charge in [0.15, 0.2) is 0 Å². The number of aromatic nitrogens is 2. The fourth-order valence-corrected chi connectivity index (χ4v) is 3.16. The topological polar surface area (TPSA) is 49.2 Å². The van der Waals surface area contributed by atoms with Crippen LogP contribution in [0.3, 0.4) is 0 Å². The Morgan fingerprint density at radius 1 is 0.960 bits per heavy atom. The van der Waals surface area contributed by atoms with Crippen LogP contribution in [0.15, 0.2) is 36.5 Å². The van der Waals surface area contributed by atoms with E-state index in [1.165, 1.54) is 0 Å². The largest absolute Gasteiger partial charge is 0.507 e. The number of hydrogen-bond acceptors (Lipinski definition) is 4. The maximum atomic E-state index is 10.00. The molecule has 0 spiro atoms. The van der Waals surface area contributed by atoms with Gasteiger partial charge in [0.25, 0.3) is 0 Å². The normalized spacial score (nSPS) is 11.0. The van der Waals surface area contributed by atoms with Crippen LogP contribution in [0.2, 0.25) is 0 Å². The minimum absolute atomic E-state index is 0.366. The van der Waals surface area contributed by atoms with E-state index in [9.17, 15) is 5.11 Å². The first-order valence-corrected chi connectivity index (χ1v) is 8.85. The first kappa shape index (κ1) is 17.2. The quantitative estimate of drug-likeness (QED) is 0.724. The van der Waals surface area contributed by atoms with Crippen LogP contribution in [0.4, 0.5) is 5.82 Å². The number of hydrogen-bond donors (Lipinski definition) is 1. The molecule has 0 aliphatic heterocycles. The number of benzene rings is 2. The Kier molecular flexibility index (Phi) is 4.88. The molecule has 0 unspecified atom stereocenters. The van der Waals surface area contributed by atoms with E-state index < -0.39 is 0 Å². The number of phenolic OH excluding ortho intramolecular Hbond substituents is 1. The Morgan fingerprint density at radius 2 is 1.68 bits per heavy atom. The van der Waals surface area contributed by atoms with Crippen molar-refractivity contribution in [3.05, 3.63) is 47.7 Å². The van der Waals surface area contributed by atoms with Crippen LogP contribution in [0, 0.1) is 13.8 Å². The smallest absolute Gasteiger partial charge is 0.147 e. The maximum absolute atomic E-state index is 10.00. The summed E-state index contributed by atoms with van der Waals surface area (Å²) in [5.74, 6) is 1.29.